The second kappa shape index (κ2) is 17.1. The van der Waals surface area contributed by atoms with Gasteiger partial charge in [0.05, 0.1) is 0 Å². The van der Waals surface area contributed by atoms with Crippen LogP contribution >= 0.6 is 0 Å². The first-order valence-electron chi connectivity index (χ1n) is 11.9. The van der Waals surface area contributed by atoms with E-state index in [2.05, 4.69) is 19.1 Å². The molecule has 0 radical (unpaired) electrons. The van der Waals surface area contributed by atoms with Crippen LogP contribution in [0.2, 0.25) is 0 Å². The number of aromatic hydroxyl groups is 1. The largest absolute Gasteiger partial charge is 0.507 e. The predicted molar refractivity (Wildman–Crippen MR) is 123 cm³/mol. The smallest absolute Gasteiger partial charge is 0.339 e. The summed E-state index contributed by atoms with van der Waals surface area (Å²) in [6, 6.07) is 4.98. The Labute approximate surface area is 178 Å². The van der Waals surface area contributed by atoms with Crippen molar-refractivity contribution < 1.29 is 15.0 Å². The van der Waals surface area contributed by atoms with Crippen LogP contribution in [0.1, 0.15) is 119 Å². The number of phenols is 1. The number of hydrogen-bond acceptors (Lipinski definition) is 2. The molecule has 0 spiro atoms. The van der Waals surface area contributed by atoms with Crippen molar-refractivity contribution in [3.63, 3.8) is 0 Å². The zero-order valence-electron chi connectivity index (χ0n) is 18.5. The van der Waals surface area contributed by atoms with Gasteiger partial charge in [-0.05, 0) is 43.7 Å². The predicted octanol–water partition coefficient (Wildman–Crippen LogP) is 8.06. The summed E-state index contributed by atoms with van der Waals surface area (Å²) in [5, 5.41) is 18.9. The first-order chi connectivity index (χ1) is 14.2. The molecule has 0 amide bonds. The summed E-state index contributed by atoms with van der Waals surface area (Å²) in [5.41, 5.74) is 0.816. The van der Waals surface area contributed by atoms with Gasteiger partial charge in [-0.1, -0.05) is 102 Å². The van der Waals surface area contributed by atoms with Crippen molar-refractivity contribution in [1.29, 1.82) is 0 Å². The third kappa shape index (κ3) is 12.4. The third-order valence-corrected chi connectivity index (χ3v) is 5.56. The van der Waals surface area contributed by atoms with Gasteiger partial charge in [-0.25, -0.2) is 4.79 Å². The van der Waals surface area contributed by atoms with Gasteiger partial charge >= 0.3 is 5.97 Å². The maximum Gasteiger partial charge on any atom is 0.339 e. The van der Waals surface area contributed by atoms with Crippen LogP contribution < -0.4 is 0 Å². The molecule has 0 aliphatic carbocycles. The summed E-state index contributed by atoms with van der Waals surface area (Å²) in [7, 11) is 0. The Kier molecular flexibility index (Phi) is 14.9. The van der Waals surface area contributed by atoms with Crippen LogP contribution in [0, 0.1) is 0 Å². The molecule has 1 aromatic carbocycles. The highest BCUT2D eigenvalue weighted by Crippen LogP contribution is 2.23. The molecule has 0 fully saturated rings. The number of benzene rings is 1. The zero-order chi connectivity index (χ0) is 21.2. The second-order valence-corrected chi connectivity index (χ2v) is 8.13. The maximum absolute atomic E-state index is 11.3. The molecule has 0 aromatic heterocycles. The molecule has 0 saturated carbocycles. The van der Waals surface area contributed by atoms with E-state index >= 15 is 0 Å². The minimum atomic E-state index is -1.04. The van der Waals surface area contributed by atoms with Crippen molar-refractivity contribution in [2.24, 2.45) is 0 Å². The highest BCUT2D eigenvalue weighted by molar-refractivity contribution is 5.92. The van der Waals surface area contributed by atoms with Crippen molar-refractivity contribution >= 4 is 5.97 Å². The lowest BCUT2D eigenvalue weighted by Crippen LogP contribution is -2.03. The van der Waals surface area contributed by atoms with Crippen molar-refractivity contribution in [3.05, 3.63) is 41.5 Å². The number of carboxylic acid groups (broad SMARTS) is 1. The van der Waals surface area contributed by atoms with Crippen molar-refractivity contribution in [2.75, 3.05) is 0 Å². The first-order valence-corrected chi connectivity index (χ1v) is 11.9. The van der Waals surface area contributed by atoms with Crippen molar-refractivity contribution in [2.45, 2.75) is 110 Å². The molecule has 2 N–H and O–H groups in total. The van der Waals surface area contributed by atoms with E-state index in [0.29, 0.717) is 0 Å². The molecule has 0 unspecified atom stereocenters. The fraction of sp³-hybridized carbons (Fsp3) is 0.654. The topological polar surface area (TPSA) is 57.5 Å². The standard InChI is InChI=1S/C26H42O3/c1-2-3-4-5-6-7-8-9-10-11-12-13-14-15-16-17-18-20-23-21-19-22-24(27)25(23)26(28)29/h3-4,19,21-22,27H,2,5-18,20H2,1H3,(H,28,29). The highest BCUT2D eigenvalue weighted by atomic mass is 16.4. The van der Waals surface area contributed by atoms with E-state index in [4.69, 9.17) is 0 Å². The average molecular weight is 403 g/mol. The molecule has 164 valence electrons. The van der Waals surface area contributed by atoms with Crippen LogP contribution in [-0.2, 0) is 6.42 Å². The molecule has 29 heavy (non-hydrogen) atoms. The van der Waals surface area contributed by atoms with E-state index in [1.165, 1.54) is 83.1 Å². The molecule has 0 saturated heterocycles. The normalized spacial score (nSPS) is 11.3. The second-order valence-electron chi connectivity index (χ2n) is 8.13. The van der Waals surface area contributed by atoms with E-state index in [0.717, 1.165) is 31.2 Å². The zero-order valence-corrected chi connectivity index (χ0v) is 18.5. The lowest BCUT2D eigenvalue weighted by molar-refractivity contribution is 0.0692. The van der Waals surface area contributed by atoms with Crippen LogP contribution in [-0.4, -0.2) is 16.2 Å². The van der Waals surface area contributed by atoms with Crippen LogP contribution in [0.15, 0.2) is 30.4 Å². The number of unbranched alkanes of at least 4 members (excludes halogenated alkanes) is 13. The van der Waals surface area contributed by atoms with E-state index in [1.54, 1.807) is 6.07 Å². The Balaban J connectivity index is 1.90. The minimum absolute atomic E-state index is 0.0702. The quantitative estimate of drug-likeness (QED) is 0.193. The number of rotatable bonds is 18. The molecule has 1 aromatic rings. The van der Waals surface area contributed by atoms with E-state index in [-0.39, 0.29) is 11.3 Å². The summed E-state index contributed by atoms with van der Waals surface area (Å²) in [6.07, 6.45) is 24.6. The lowest BCUT2D eigenvalue weighted by Gasteiger charge is -2.08. The van der Waals surface area contributed by atoms with Gasteiger partial charge in [0.1, 0.15) is 11.3 Å². The van der Waals surface area contributed by atoms with Gasteiger partial charge in [-0.2, -0.15) is 0 Å². The number of carbonyl (C=O) groups is 1. The Bertz CT molecular complexity index is 577. The minimum Gasteiger partial charge on any atom is -0.507 e. The van der Waals surface area contributed by atoms with Crippen molar-refractivity contribution in [3.8, 4) is 5.75 Å². The van der Waals surface area contributed by atoms with Gasteiger partial charge in [0.2, 0.25) is 0 Å². The fourth-order valence-electron chi connectivity index (χ4n) is 3.85. The molecule has 0 bridgehead atoms. The van der Waals surface area contributed by atoms with Crippen LogP contribution in [0.3, 0.4) is 0 Å². The third-order valence-electron chi connectivity index (χ3n) is 5.56. The highest BCUT2D eigenvalue weighted by Gasteiger charge is 2.14. The van der Waals surface area contributed by atoms with Gasteiger partial charge in [0.15, 0.2) is 0 Å². The van der Waals surface area contributed by atoms with Gasteiger partial charge in [0, 0.05) is 0 Å². The molecular formula is C26H42O3. The van der Waals surface area contributed by atoms with E-state index in [9.17, 15) is 15.0 Å². The number of aromatic carboxylic acids is 1. The molecule has 3 nitrogen and oxygen atoms in total. The van der Waals surface area contributed by atoms with E-state index in [1.807, 2.05) is 6.07 Å². The Morgan fingerprint density at radius 2 is 1.31 bits per heavy atom. The summed E-state index contributed by atoms with van der Waals surface area (Å²) >= 11 is 0. The Morgan fingerprint density at radius 1 is 0.793 bits per heavy atom. The molecule has 0 heterocycles. The molecule has 1 rings (SSSR count). The number of aryl methyl sites for hydroxylation is 1. The average Bonchev–Trinajstić information content (AvgIpc) is 2.70. The van der Waals surface area contributed by atoms with Crippen molar-refractivity contribution in [1.82, 2.24) is 0 Å². The van der Waals surface area contributed by atoms with Gasteiger partial charge in [-0.3, -0.25) is 0 Å². The van der Waals surface area contributed by atoms with Gasteiger partial charge in [-0.15, -0.1) is 0 Å². The summed E-state index contributed by atoms with van der Waals surface area (Å²) in [4.78, 5) is 11.3. The molecule has 0 atom stereocenters. The van der Waals surface area contributed by atoms with Crippen LogP contribution in [0.5, 0.6) is 5.75 Å². The number of allylic oxidation sites excluding steroid dienone is 2. The summed E-state index contributed by atoms with van der Waals surface area (Å²) < 4.78 is 0. The fourth-order valence-corrected chi connectivity index (χ4v) is 3.85. The summed E-state index contributed by atoms with van der Waals surface area (Å²) in [5.74, 6) is -1.17. The Hall–Kier alpha value is -1.77. The van der Waals surface area contributed by atoms with Gasteiger partial charge < -0.3 is 10.2 Å². The number of carboxylic acids is 1. The molecule has 3 heteroatoms. The van der Waals surface area contributed by atoms with Crippen LogP contribution in [0.25, 0.3) is 0 Å². The monoisotopic (exact) mass is 402 g/mol. The molecule has 0 aliphatic heterocycles. The van der Waals surface area contributed by atoms with E-state index < -0.39 is 5.97 Å². The molecule has 0 aliphatic rings. The SMILES string of the molecule is CCC=CCCCCCCCCCCCCCCCc1cccc(O)c1C(=O)O. The number of hydrogen-bond donors (Lipinski definition) is 2. The Morgan fingerprint density at radius 3 is 1.83 bits per heavy atom. The first kappa shape index (κ1) is 25.3. The lowest BCUT2D eigenvalue weighted by atomic mass is 9.99. The van der Waals surface area contributed by atoms with Gasteiger partial charge in [0.25, 0.3) is 0 Å². The maximum atomic E-state index is 11.3. The molecular weight excluding hydrogens is 360 g/mol. The summed E-state index contributed by atoms with van der Waals surface area (Å²) in [6.45, 7) is 2.19. The van der Waals surface area contributed by atoms with Crippen LogP contribution in [0.4, 0.5) is 0 Å².